The molecule has 1 N–H and O–H groups in total. The van der Waals surface area contributed by atoms with Gasteiger partial charge in [-0.1, -0.05) is 35.5 Å². The molecule has 2 aromatic carbocycles. The summed E-state index contributed by atoms with van der Waals surface area (Å²) in [7, 11) is 3.38. The van der Waals surface area contributed by atoms with E-state index in [0.717, 1.165) is 0 Å². The van der Waals surface area contributed by atoms with Crippen LogP contribution in [0.15, 0.2) is 47.6 Å². The number of halogens is 2. The third-order valence-electron chi connectivity index (χ3n) is 4.14. The number of ether oxygens (including phenoxy) is 2. The molecule has 3 aromatic rings. The summed E-state index contributed by atoms with van der Waals surface area (Å²) in [6.07, 6.45) is -0.386. The van der Waals surface area contributed by atoms with E-state index in [4.69, 9.17) is 21.1 Å². The van der Waals surface area contributed by atoms with Gasteiger partial charge in [0.05, 0.1) is 17.9 Å². The van der Waals surface area contributed by atoms with Crippen LogP contribution in [-0.2, 0) is 11.8 Å². The zero-order chi connectivity index (χ0) is 21.7. The van der Waals surface area contributed by atoms with Gasteiger partial charge in [-0.15, -0.1) is 10.2 Å². The van der Waals surface area contributed by atoms with Gasteiger partial charge in [0.15, 0.2) is 28.6 Å². The Labute approximate surface area is 182 Å². The maximum atomic E-state index is 13.2. The van der Waals surface area contributed by atoms with Gasteiger partial charge in [0.25, 0.3) is 0 Å². The second kappa shape index (κ2) is 9.82. The number of hydrogen-bond acceptors (Lipinski definition) is 6. The molecule has 1 atom stereocenters. The van der Waals surface area contributed by atoms with E-state index >= 15 is 0 Å². The van der Waals surface area contributed by atoms with Crippen molar-refractivity contribution in [2.45, 2.75) is 18.2 Å². The summed E-state index contributed by atoms with van der Waals surface area (Å²) in [6.45, 7) is 1.86. The molecule has 30 heavy (non-hydrogen) atoms. The number of carbonyl (C=O) groups excluding carboxylic acids is 1. The molecule has 1 amide bonds. The molecule has 0 aliphatic rings. The highest BCUT2D eigenvalue weighted by atomic mass is 35.5. The van der Waals surface area contributed by atoms with Crippen LogP contribution in [-0.4, -0.2) is 33.5 Å². The normalized spacial score (nSPS) is 11.8. The predicted molar refractivity (Wildman–Crippen MR) is 114 cm³/mol. The van der Waals surface area contributed by atoms with Gasteiger partial charge < -0.3 is 19.4 Å². The van der Waals surface area contributed by atoms with Crippen molar-refractivity contribution >= 4 is 35.0 Å². The van der Waals surface area contributed by atoms with Crippen molar-refractivity contribution in [1.82, 2.24) is 14.8 Å². The van der Waals surface area contributed by atoms with Crippen LogP contribution in [0.1, 0.15) is 18.9 Å². The van der Waals surface area contributed by atoms with Gasteiger partial charge in [-0.25, -0.2) is 4.39 Å². The van der Waals surface area contributed by atoms with Crippen molar-refractivity contribution in [2.24, 2.45) is 7.05 Å². The number of carbonyl (C=O) groups is 1. The lowest BCUT2D eigenvalue weighted by molar-refractivity contribution is -0.113. The van der Waals surface area contributed by atoms with E-state index in [1.54, 1.807) is 18.7 Å². The fourth-order valence-corrected chi connectivity index (χ4v) is 3.56. The monoisotopic (exact) mass is 450 g/mol. The van der Waals surface area contributed by atoms with Crippen molar-refractivity contribution in [2.75, 3.05) is 18.2 Å². The Morgan fingerprint density at radius 3 is 2.70 bits per heavy atom. The largest absolute Gasteiger partial charge is 0.493 e. The Kier molecular flexibility index (Phi) is 7.17. The molecule has 0 aliphatic heterocycles. The maximum absolute atomic E-state index is 13.2. The first-order valence-electron chi connectivity index (χ1n) is 8.95. The number of nitrogens with zero attached hydrogens (tertiary/aromatic N) is 3. The van der Waals surface area contributed by atoms with E-state index in [1.807, 2.05) is 31.2 Å². The molecule has 0 fully saturated rings. The molecule has 0 bridgehead atoms. The first-order chi connectivity index (χ1) is 14.4. The molecule has 158 valence electrons. The van der Waals surface area contributed by atoms with E-state index in [0.29, 0.717) is 28.2 Å². The number of thioether (sulfide) groups is 1. The SMILES string of the molecule is COc1ccccc1OC(C)c1nnc(SCC(=O)Nc2ccc(F)c(Cl)c2)n1C. The third kappa shape index (κ3) is 5.22. The molecule has 0 radical (unpaired) electrons. The summed E-state index contributed by atoms with van der Waals surface area (Å²) >= 11 is 6.95. The van der Waals surface area contributed by atoms with Crippen LogP contribution in [0.4, 0.5) is 10.1 Å². The Hall–Kier alpha value is -2.78. The van der Waals surface area contributed by atoms with Crippen molar-refractivity contribution in [3.63, 3.8) is 0 Å². The van der Waals surface area contributed by atoms with Gasteiger partial charge in [0.2, 0.25) is 5.91 Å². The summed E-state index contributed by atoms with van der Waals surface area (Å²) in [5.41, 5.74) is 0.421. The molecular weight excluding hydrogens is 431 g/mol. The van der Waals surface area contributed by atoms with Crippen LogP contribution < -0.4 is 14.8 Å². The van der Waals surface area contributed by atoms with Gasteiger partial charge in [0, 0.05) is 12.7 Å². The highest BCUT2D eigenvalue weighted by Gasteiger charge is 2.19. The average molecular weight is 451 g/mol. The first-order valence-corrected chi connectivity index (χ1v) is 10.3. The molecule has 1 unspecified atom stereocenters. The molecule has 0 spiro atoms. The summed E-state index contributed by atoms with van der Waals surface area (Å²) in [5.74, 6) is 1.11. The molecule has 0 saturated heterocycles. The van der Waals surface area contributed by atoms with Gasteiger partial charge in [-0.2, -0.15) is 0 Å². The summed E-state index contributed by atoms with van der Waals surface area (Å²) < 4.78 is 26.2. The Bertz CT molecular complexity index is 1050. The zero-order valence-corrected chi connectivity index (χ0v) is 18.1. The van der Waals surface area contributed by atoms with Gasteiger partial charge in [0.1, 0.15) is 5.82 Å². The molecule has 0 saturated carbocycles. The van der Waals surface area contributed by atoms with E-state index < -0.39 is 5.82 Å². The highest BCUT2D eigenvalue weighted by Crippen LogP contribution is 2.30. The van der Waals surface area contributed by atoms with Crippen molar-refractivity contribution in [1.29, 1.82) is 0 Å². The molecular formula is C20H20ClFN4O3S. The van der Waals surface area contributed by atoms with Crippen LogP contribution in [0.5, 0.6) is 11.5 Å². The van der Waals surface area contributed by atoms with Crippen LogP contribution in [0.2, 0.25) is 5.02 Å². The van der Waals surface area contributed by atoms with Crippen molar-refractivity contribution < 1.29 is 18.7 Å². The van der Waals surface area contributed by atoms with Crippen LogP contribution in [0.3, 0.4) is 0 Å². The lowest BCUT2D eigenvalue weighted by Gasteiger charge is -2.16. The van der Waals surface area contributed by atoms with Gasteiger partial charge in [-0.05, 0) is 37.3 Å². The topological polar surface area (TPSA) is 78.3 Å². The number of anilines is 1. The number of benzene rings is 2. The Morgan fingerprint density at radius 2 is 2.00 bits per heavy atom. The lowest BCUT2D eigenvalue weighted by atomic mass is 10.3. The van der Waals surface area contributed by atoms with Gasteiger partial charge in [-0.3, -0.25) is 4.79 Å². The zero-order valence-electron chi connectivity index (χ0n) is 16.6. The van der Waals surface area contributed by atoms with Crippen LogP contribution >= 0.6 is 23.4 Å². The molecule has 0 aliphatic carbocycles. The Balaban J connectivity index is 1.60. The minimum atomic E-state index is -0.542. The Morgan fingerprint density at radius 1 is 1.27 bits per heavy atom. The number of para-hydroxylation sites is 2. The molecule has 10 heteroatoms. The van der Waals surface area contributed by atoms with Crippen LogP contribution in [0.25, 0.3) is 0 Å². The molecule has 1 heterocycles. The summed E-state index contributed by atoms with van der Waals surface area (Å²) in [6, 6.07) is 11.3. The smallest absolute Gasteiger partial charge is 0.234 e. The second-order valence-corrected chi connectivity index (χ2v) is 7.63. The lowest BCUT2D eigenvalue weighted by Crippen LogP contribution is -2.15. The fraction of sp³-hybridized carbons (Fsp3) is 0.250. The molecule has 1 aromatic heterocycles. The van der Waals surface area contributed by atoms with E-state index in [1.165, 1.54) is 30.0 Å². The number of hydrogen-bond donors (Lipinski definition) is 1. The standard InChI is InChI=1S/C20H20ClFN4O3S/c1-12(29-17-7-5-4-6-16(17)28-3)19-24-25-20(26(19)2)30-11-18(27)23-13-8-9-15(22)14(21)10-13/h4-10,12H,11H2,1-3H3,(H,23,27). The summed E-state index contributed by atoms with van der Waals surface area (Å²) in [5, 5.41) is 11.5. The predicted octanol–water partition coefficient (Wildman–Crippen LogP) is 4.49. The number of aromatic nitrogens is 3. The molecule has 3 rings (SSSR count). The van der Waals surface area contributed by atoms with Crippen molar-refractivity contribution in [3.8, 4) is 11.5 Å². The first kappa shape index (κ1) is 21.9. The van der Waals surface area contributed by atoms with E-state index in [9.17, 15) is 9.18 Å². The average Bonchev–Trinajstić information content (AvgIpc) is 3.10. The maximum Gasteiger partial charge on any atom is 0.234 e. The minimum Gasteiger partial charge on any atom is -0.493 e. The minimum absolute atomic E-state index is 0.0533. The number of rotatable bonds is 8. The van der Waals surface area contributed by atoms with E-state index in [-0.39, 0.29) is 22.8 Å². The number of amides is 1. The summed E-state index contributed by atoms with van der Waals surface area (Å²) in [4.78, 5) is 12.2. The quantitative estimate of drug-likeness (QED) is 0.509. The van der Waals surface area contributed by atoms with E-state index in [2.05, 4.69) is 15.5 Å². The van der Waals surface area contributed by atoms with Gasteiger partial charge >= 0.3 is 0 Å². The molecule has 7 nitrogen and oxygen atoms in total. The highest BCUT2D eigenvalue weighted by molar-refractivity contribution is 7.99. The van der Waals surface area contributed by atoms with Crippen molar-refractivity contribution in [3.05, 3.63) is 59.1 Å². The number of methoxy groups -OCH3 is 1. The fourth-order valence-electron chi connectivity index (χ4n) is 2.67. The second-order valence-electron chi connectivity index (χ2n) is 6.28. The number of nitrogens with one attached hydrogen (secondary N) is 1. The third-order valence-corrected chi connectivity index (χ3v) is 5.45. The van der Waals surface area contributed by atoms with Crippen LogP contribution in [0, 0.1) is 5.82 Å².